The molecule has 0 aromatic heterocycles. The molecule has 2 aliphatic rings. The molecule has 0 spiro atoms. The molecule has 0 unspecified atom stereocenters. The fourth-order valence-corrected chi connectivity index (χ4v) is 1.95. The van der Waals surface area contributed by atoms with E-state index in [1.807, 2.05) is 12.3 Å². The average Bonchev–Trinajstić information content (AvgIpc) is 2.53. The molecule has 1 fully saturated rings. The fourth-order valence-electron chi connectivity index (χ4n) is 1.95. The van der Waals surface area contributed by atoms with Crippen LogP contribution >= 0.6 is 0 Å². The monoisotopic (exact) mass is 162 g/mol. The second-order valence-corrected chi connectivity index (χ2v) is 3.46. The van der Waals surface area contributed by atoms with Crippen molar-refractivity contribution in [2.75, 3.05) is 20.1 Å². The Hall–Kier alpha value is -0.850. The Kier molecular flexibility index (Phi) is 2.11. The van der Waals surface area contributed by atoms with Gasteiger partial charge in [0.25, 0.3) is 0 Å². The van der Waals surface area contributed by atoms with Gasteiger partial charge in [-0.2, -0.15) is 0 Å². The van der Waals surface area contributed by atoms with E-state index in [1.54, 1.807) is 0 Å². The van der Waals surface area contributed by atoms with Gasteiger partial charge in [-0.3, -0.25) is 9.89 Å². The highest BCUT2D eigenvalue weighted by Crippen LogP contribution is 2.21. The first kappa shape index (κ1) is 7.78. The lowest BCUT2D eigenvalue weighted by molar-refractivity contribution is 0.343. The Labute approximate surface area is 73.3 Å². The highest BCUT2D eigenvalue weighted by atomic mass is 15.1. The molecule has 2 rings (SSSR count). The Morgan fingerprint density at radius 1 is 1.67 bits per heavy atom. The zero-order valence-electron chi connectivity index (χ0n) is 7.45. The van der Waals surface area contributed by atoms with Crippen LogP contribution in [0.1, 0.15) is 12.8 Å². The molecule has 0 aromatic carbocycles. The van der Waals surface area contributed by atoms with Gasteiger partial charge in [-0.1, -0.05) is 0 Å². The van der Waals surface area contributed by atoms with Crippen LogP contribution in [-0.2, 0) is 0 Å². The molecule has 2 heteroatoms. The predicted molar refractivity (Wildman–Crippen MR) is 50.6 cm³/mol. The lowest BCUT2D eigenvalue weighted by Crippen LogP contribution is -2.27. The molecular weight excluding hydrogens is 148 g/mol. The fraction of sp³-hybridized carbons (Fsp3) is 0.600. The molecule has 0 aliphatic carbocycles. The third-order valence-electron chi connectivity index (χ3n) is 2.63. The van der Waals surface area contributed by atoms with E-state index in [-0.39, 0.29) is 0 Å². The van der Waals surface area contributed by atoms with Gasteiger partial charge >= 0.3 is 0 Å². The second-order valence-electron chi connectivity index (χ2n) is 3.46. The first-order valence-electron chi connectivity index (χ1n) is 4.52. The van der Waals surface area contributed by atoms with Gasteiger partial charge in [0, 0.05) is 17.8 Å². The van der Waals surface area contributed by atoms with Crippen LogP contribution in [0.5, 0.6) is 0 Å². The Bertz CT molecular complexity index is 259. The smallest absolute Gasteiger partial charge is 0.0689 e. The van der Waals surface area contributed by atoms with Crippen LogP contribution in [0.15, 0.2) is 22.4 Å². The van der Waals surface area contributed by atoms with E-state index < -0.39 is 0 Å². The van der Waals surface area contributed by atoms with Crippen molar-refractivity contribution in [2.24, 2.45) is 4.99 Å². The van der Waals surface area contributed by atoms with Crippen molar-refractivity contribution in [1.29, 1.82) is 0 Å². The van der Waals surface area contributed by atoms with Gasteiger partial charge in [0.2, 0.25) is 0 Å². The van der Waals surface area contributed by atoms with E-state index in [0.717, 1.165) is 6.54 Å². The standard InChI is InChI=1S/C10H14N2/c1-12-7-3-5-10(12)9-4-2-6-11-8-9/h2,6,10H,3,5,7-8H2,1H3/t10-/m0/s1. The van der Waals surface area contributed by atoms with Gasteiger partial charge in [0.1, 0.15) is 0 Å². The van der Waals surface area contributed by atoms with Crippen molar-refractivity contribution in [3.63, 3.8) is 0 Å². The van der Waals surface area contributed by atoms with Gasteiger partial charge in [-0.25, -0.2) is 0 Å². The first-order valence-corrected chi connectivity index (χ1v) is 4.52. The third-order valence-corrected chi connectivity index (χ3v) is 2.63. The Morgan fingerprint density at radius 2 is 2.58 bits per heavy atom. The van der Waals surface area contributed by atoms with E-state index >= 15 is 0 Å². The summed E-state index contributed by atoms with van der Waals surface area (Å²) in [5, 5.41) is 0. The van der Waals surface area contributed by atoms with Gasteiger partial charge in [0.15, 0.2) is 0 Å². The molecule has 1 atom stereocenters. The minimum Gasteiger partial charge on any atom is -0.299 e. The predicted octanol–water partition coefficient (Wildman–Crippen LogP) is 1.25. The number of likely N-dealkylation sites (N-methyl/N-ethyl adjacent to an activating group) is 1. The minimum atomic E-state index is 0.610. The van der Waals surface area contributed by atoms with Crippen molar-refractivity contribution >= 4 is 6.21 Å². The highest BCUT2D eigenvalue weighted by molar-refractivity contribution is 5.72. The SMILES string of the molecule is CN1CCC[C@H]1C1=C=CC=NC1. The Balaban J connectivity index is 2.14. The van der Waals surface area contributed by atoms with Crippen molar-refractivity contribution in [1.82, 2.24) is 4.90 Å². The minimum absolute atomic E-state index is 0.610. The van der Waals surface area contributed by atoms with Crippen molar-refractivity contribution in [3.05, 3.63) is 17.4 Å². The highest BCUT2D eigenvalue weighted by Gasteiger charge is 2.24. The number of rotatable bonds is 1. The van der Waals surface area contributed by atoms with E-state index in [4.69, 9.17) is 0 Å². The summed E-state index contributed by atoms with van der Waals surface area (Å²) in [4.78, 5) is 6.63. The number of likely N-dealkylation sites (tertiary alicyclic amines) is 1. The van der Waals surface area contributed by atoms with Crippen LogP contribution in [0.4, 0.5) is 0 Å². The van der Waals surface area contributed by atoms with E-state index in [9.17, 15) is 0 Å². The molecule has 0 radical (unpaired) electrons. The molecular formula is C10H14N2. The van der Waals surface area contributed by atoms with Gasteiger partial charge in [0.05, 0.1) is 6.54 Å². The first-order chi connectivity index (χ1) is 5.88. The van der Waals surface area contributed by atoms with E-state index in [2.05, 4.69) is 22.7 Å². The summed E-state index contributed by atoms with van der Waals surface area (Å²) in [6.07, 6.45) is 6.35. The molecule has 2 heterocycles. The maximum Gasteiger partial charge on any atom is 0.0689 e. The quantitative estimate of drug-likeness (QED) is 0.530. The molecule has 0 aromatic rings. The summed E-state index contributed by atoms with van der Waals surface area (Å²) < 4.78 is 0. The van der Waals surface area contributed by atoms with Gasteiger partial charge < -0.3 is 0 Å². The molecule has 0 amide bonds. The zero-order valence-corrected chi connectivity index (χ0v) is 7.45. The van der Waals surface area contributed by atoms with E-state index in [1.165, 1.54) is 25.0 Å². The lowest BCUT2D eigenvalue weighted by Gasteiger charge is -2.20. The van der Waals surface area contributed by atoms with Gasteiger partial charge in [-0.05, 0) is 32.5 Å². The number of hydrogen-bond donors (Lipinski definition) is 0. The number of nitrogens with zero attached hydrogens (tertiary/aromatic N) is 2. The average molecular weight is 162 g/mol. The second kappa shape index (κ2) is 3.26. The summed E-state index contributed by atoms with van der Waals surface area (Å²) in [5.74, 6) is 0. The number of aliphatic imine (C=N–C) groups is 1. The molecule has 64 valence electrons. The van der Waals surface area contributed by atoms with Crippen LogP contribution in [0, 0.1) is 0 Å². The van der Waals surface area contributed by atoms with Crippen molar-refractivity contribution < 1.29 is 0 Å². The molecule has 2 aliphatic heterocycles. The molecule has 0 saturated carbocycles. The molecule has 0 N–H and O–H groups in total. The van der Waals surface area contributed by atoms with E-state index in [0.29, 0.717) is 6.04 Å². The largest absolute Gasteiger partial charge is 0.299 e. The van der Waals surface area contributed by atoms with Crippen molar-refractivity contribution in [3.8, 4) is 0 Å². The summed E-state index contributed by atoms with van der Waals surface area (Å²) >= 11 is 0. The van der Waals surface area contributed by atoms with Crippen LogP contribution < -0.4 is 0 Å². The molecule has 0 bridgehead atoms. The maximum absolute atomic E-state index is 4.23. The lowest BCUT2D eigenvalue weighted by atomic mass is 10.1. The molecule has 2 nitrogen and oxygen atoms in total. The topological polar surface area (TPSA) is 15.6 Å². The third kappa shape index (κ3) is 1.36. The summed E-state index contributed by atoms with van der Waals surface area (Å²) in [6, 6.07) is 0.610. The van der Waals surface area contributed by atoms with Crippen molar-refractivity contribution in [2.45, 2.75) is 18.9 Å². The van der Waals surface area contributed by atoms with Crippen LogP contribution in [0.25, 0.3) is 0 Å². The zero-order chi connectivity index (χ0) is 8.39. The molecule has 1 saturated heterocycles. The van der Waals surface area contributed by atoms with Crippen LogP contribution in [0.2, 0.25) is 0 Å². The maximum atomic E-state index is 4.23. The summed E-state index contributed by atoms with van der Waals surface area (Å²) in [6.45, 7) is 2.07. The normalized spacial score (nSPS) is 29.4. The Morgan fingerprint density at radius 3 is 3.17 bits per heavy atom. The molecule has 12 heavy (non-hydrogen) atoms. The summed E-state index contributed by atoms with van der Waals surface area (Å²) in [5.41, 5.74) is 4.65. The number of hydrogen-bond acceptors (Lipinski definition) is 2. The van der Waals surface area contributed by atoms with Crippen LogP contribution in [0.3, 0.4) is 0 Å². The van der Waals surface area contributed by atoms with Crippen LogP contribution in [-0.4, -0.2) is 37.3 Å². The van der Waals surface area contributed by atoms with Gasteiger partial charge in [-0.15, -0.1) is 5.73 Å². The summed E-state index contributed by atoms with van der Waals surface area (Å²) in [7, 11) is 2.19.